The third-order valence-electron chi connectivity index (χ3n) is 3.74. The first-order chi connectivity index (χ1) is 13.2. The van der Waals surface area contributed by atoms with Crippen LogP contribution in [0.5, 0.6) is 0 Å². The monoisotopic (exact) mass is 383 g/mol. The number of rotatable bonds is 6. The fraction of sp³-hybridized carbons (Fsp3) is 0.111. The Hall–Kier alpha value is -3.20. The zero-order valence-electron chi connectivity index (χ0n) is 14.0. The number of anilines is 1. The molecule has 0 fully saturated rings. The van der Waals surface area contributed by atoms with E-state index in [4.69, 9.17) is 4.42 Å². The van der Waals surface area contributed by atoms with Crippen molar-refractivity contribution in [1.82, 2.24) is 19.7 Å². The van der Waals surface area contributed by atoms with Crippen molar-refractivity contribution in [3.63, 3.8) is 0 Å². The van der Waals surface area contributed by atoms with Crippen LogP contribution in [0.1, 0.15) is 5.89 Å². The van der Waals surface area contributed by atoms with E-state index in [-0.39, 0.29) is 17.5 Å². The quantitative estimate of drug-likeness (QED) is 0.514. The molecule has 0 unspecified atom stereocenters. The molecule has 9 heteroatoms. The average Bonchev–Trinajstić information content (AvgIpc) is 3.30. The highest BCUT2D eigenvalue weighted by atomic mass is 32.2. The molecule has 0 bridgehead atoms. The molecule has 2 aromatic heterocycles. The van der Waals surface area contributed by atoms with Crippen LogP contribution in [0.25, 0.3) is 11.0 Å². The van der Waals surface area contributed by atoms with Crippen LogP contribution < -0.4 is 5.32 Å². The third kappa shape index (κ3) is 4.14. The molecule has 0 atom stereocenters. The highest BCUT2D eigenvalue weighted by Crippen LogP contribution is 2.19. The molecule has 0 aliphatic heterocycles. The Balaban J connectivity index is 1.34. The molecule has 1 N–H and O–H groups in total. The summed E-state index contributed by atoms with van der Waals surface area (Å²) < 4.78 is 20.4. The second-order valence-electron chi connectivity index (χ2n) is 5.67. The maximum Gasteiger partial charge on any atom is 0.277 e. The number of hydrogen-bond donors (Lipinski definition) is 1. The van der Waals surface area contributed by atoms with Crippen LogP contribution in [0, 0.1) is 5.82 Å². The van der Waals surface area contributed by atoms with E-state index in [1.165, 1.54) is 24.3 Å². The van der Waals surface area contributed by atoms with Gasteiger partial charge in [-0.2, -0.15) is 0 Å². The van der Waals surface area contributed by atoms with Crippen LogP contribution in [-0.4, -0.2) is 31.4 Å². The first-order valence-electron chi connectivity index (χ1n) is 8.08. The molecule has 0 radical (unpaired) electrons. The van der Waals surface area contributed by atoms with Gasteiger partial charge in [0.25, 0.3) is 5.22 Å². The van der Waals surface area contributed by atoms with Crippen molar-refractivity contribution in [1.29, 1.82) is 0 Å². The van der Waals surface area contributed by atoms with E-state index in [0.29, 0.717) is 23.3 Å². The molecule has 27 heavy (non-hydrogen) atoms. The summed E-state index contributed by atoms with van der Waals surface area (Å²) in [5.41, 5.74) is 2.40. The zero-order valence-corrected chi connectivity index (χ0v) is 14.8. The zero-order chi connectivity index (χ0) is 18.6. The Morgan fingerprint density at radius 2 is 1.96 bits per heavy atom. The van der Waals surface area contributed by atoms with Crippen LogP contribution in [0.4, 0.5) is 10.1 Å². The topological polar surface area (TPSA) is 85.8 Å². The van der Waals surface area contributed by atoms with E-state index in [2.05, 4.69) is 20.5 Å². The highest BCUT2D eigenvalue weighted by molar-refractivity contribution is 7.99. The average molecular weight is 383 g/mol. The van der Waals surface area contributed by atoms with Crippen molar-refractivity contribution in [2.24, 2.45) is 0 Å². The van der Waals surface area contributed by atoms with Crippen LogP contribution in [-0.2, 0) is 11.3 Å². The van der Waals surface area contributed by atoms with Crippen LogP contribution >= 0.6 is 11.8 Å². The van der Waals surface area contributed by atoms with Crippen molar-refractivity contribution in [2.75, 3.05) is 11.1 Å². The molecule has 0 spiro atoms. The van der Waals surface area contributed by atoms with Gasteiger partial charge < -0.3 is 14.3 Å². The lowest BCUT2D eigenvalue weighted by Crippen LogP contribution is -2.13. The first-order valence-corrected chi connectivity index (χ1v) is 9.06. The van der Waals surface area contributed by atoms with E-state index < -0.39 is 0 Å². The molecule has 2 heterocycles. The van der Waals surface area contributed by atoms with Crippen LogP contribution in [0.3, 0.4) is 0 Å². The summed E-state index contributed by atoms with van der Waals surface area (Å²) in [4.78, 5) is 16.3. The van der Waals surface area contributed by atoms with Gasteiger partial charge in [-0.25, -0.2) is 9.37 Å². The maximum absolute atomic E-state index is 12.9. The van der Waals surface area contributed by atoms with Gasteiger partial charge in [0, 0.05) is 5.69 Å². The van der Waals surface area contributed by atoms with Crippen molar-refractivity contribution in [3.8, 4) is 0 Å². The second kappa shape index (κ2) is 7.58. The maximum atomic E-state index is 12.9. The largest absolute Gasteiger partial charge is 0.414 e. The summed E-state index contributed by atoms with van der Waals surface area (Å²) in [6, 6.07) is 13.3. The minimum atomic E-state index is -0.355. The molecule has 0 saturated heterocycles. The van der Waals surface area contributed by atoms with E-state index >= 15 is 0 Å². The van der Waals surface area contributed by atoms with Gasteiger partial charge in [0.15, 0.2) is 0 Å². The van der Waals surface area contributed by atoms with E-state index in [0.717, 1.165) is 22.8 Å². The Kier molecular flexibility index (Phi) is 4.84. The smallest absolute Gasteiger partial charge is 0.277 e. The second-order valence-corrected chi connectivity index (χ2v) is 6.59. The number of benzene rings is 2. The molecule has 1 amide bonds. The Morgan fingerprint density at radius 3 is 2.81 bits per heavy atom. The molecule has 2 aromatic carbocycles. The lowest BCUT2D eigenvalue weighted by atomic mass is 10.3. The normalized spacial score (nSPS) is 11.0. The number of nitrogens with zero attached hydrogens (tertiary/aromatic N) is 4. The molecule has 7 nitrogen and oxygen atoms in total. The summed E-state index contributed by atoms with van der Waals surface area (Å²) in [5, 5.41) is 10.9. The molecular formula is C18H14FN5O2S. The predicted molar refractivity (Wildman–Crippen MR) is 98.9 cm³/mol. The Bertz CT molecular complexity index is 1080. The minimum absolute atomic E-state index is 0.104. The van der Waals surface area contributed by atoms with Gasteiger partial charge in [-0.1, -0.05) is 23.9 Å². The molecule has 136 valence electrons. The first kappa shape index (κ1) is 17.2. The van der Waals surface area contributed by atoms with Crippen molar-refractivity contribution in [3.05, 3.63) is 66.6 Å². The molecule has 0 aliphatic rings. The lowest BCUT2D eigenvalue weighted by Gasteiger charge is -2.03. The third-order valence-corrected chi connectivity index (χ3v) is 4.55. The number of fused-ring (bicyclic) bond motifs is 1. The van der Waals surface area contributed by atoms with Gasteiger partial charge in [0.2, 0.25) is 11.8 Å². The number of para-hydroxylation sites is 2. The highest BCUT2D eigenvalue weighted by Gasteiger charge is 2.11. The SMILES string of the molecule is O=C(CSc1nnc(Cn2cnc3ccccc32)o1)Nc1ccc(F)cc1. The Morgan fingerprint density at radius 1 is 1.15 bits per heavy atom. The standard InChI is InChI=1S/C18H14FN5O2S/c19-12-5-7-13(8-6-12)21-16(25)10-27-18-23-22-17(26-18)9-24-11-20-14-3-1-2-4-15(14)24/h1-8,11H,9-10H2,(H,21,25). The predicted octanol–water partition coefficient (Wildman–Crippen LogP) is 3.34. The summed E-state index contributed by atoms with van der Waals surface area (Å²) >= 11 is 1.14. The Labute approximate surface area is 157 Å². The van der Waals surface area contributed by atoms with Crippen molar-refractivity contribution < 1.29 is 13.6 Å². The van der Waals surface area contributed by atoms with Crippen molar-refractivity contribution >= 4 is 34.4 Å². The van der Waals surface area contributed by atoms with Gasteiger partial charge in [0.1, 0.15) is 12.4 Å². The molecule has 4 rings (SSSR count). The summed E-state index contributed by atoms with van der Waals surface area (Å²) in [7, 11) is 0. The van der Waals surface area contributed by atoms with Gasteiger partial charge >= 0.3 is 0 Å². The van der Waals surface area contributed by atoms with Crippen LogP contribution in [0.2, 0.25) is 0 Å². The number of halogens is 1. The molecule has 0 saturated carbocycles. The van der Waals surface area contributed by atoms with E-state index in [1.54, 1.807) is 6.33 Å². The number of carbonyl (C=O) groups is 1. The number of hydrogen-bond acceptors (Lipinski definition) is 6. The lowest BCUT2D eigenvalue weighted by molar-refractivity contribution is -0.113. The van der Waals surface area contributed by atoms with Gasteiger partial charge in [0.05, 0.1) is 23.1 Å². The minimum Gasteiger partial charge on any atom is -0.414 e. The summed E-state index contributed by atoms with van der Waals surface area (Å²) in [6.07, 6.45) is 1.72. The number of carbonyl (C=O) groups excluding carboxylic acids is 1. The summed E-state index contributed by atoms with van der Waals surface area (Å²) in [6.45, 7) is 0.399. The van der Waals surface area contributed by atoms with Gasteiger partial charge in [-0.3, -0.25) is 4.79 Å². The van der Waals surface area contributed by atoms with Gasteiger partial charge in [-0.05, 0) is 36.4 Å². The molecule has 4 aromatic rings. The fourth-order valence-corrected chi connectivity index (χ4v) is 3.08. The van der Waals surface area contributed by atoms with Crippen LogP contribution in [0.15, 0.2) is 64.5 Å². The van der Waals surface area contributed by atoms with Crippen molar-refractivity contribution in [2.45, 2.75) is 11.8 Å². The van der Waals surface area contributed by atoms with E-state index in [1.807, 2.05) is 28.8 Å². The van der Waals surface area contributed by atoms with Gasteiger partial charge in [-0.15, -0.1) is 10.2 Å². The fourth-order valence-electron chi connectivity index (χ4n) is 2.50. The number of thioether (sulfide) groups is 1. The number of imidazole rings is 1. The molecule has 0 aliphatic carbocycles. The number of aromatic nitrogens is 4. The number of amides is 1. The van der Waals surface area contributed by atoms with E-state index in [9.17, 15) is 9.18 Å². The summed E-state index contributed by atoms with van der Waals surface area (Å²) in [5.74, 6) is -0.0643. The molecular weight excluding hydrogens is 369 g/mol. The number of nitrogens with one attached hydrogen (secondary N) is 1.